The largest absolute Gasteiger partial charge is 0.310 e. The van der Waals surface area contributed by atoms with E-state index in [-0.39, 0.29) is 5.41 Å². The highest BCUT2D eigenvalue weighted by molar-refractivity contribution is 6.23. The number of nitrogens with zero attached hydrogens (tertiary/aromatic N) is 2. The van der Waals surface area contributed by atoms with E-state index < -0.39 is 0 Å². The Kier molecular flexibility index (Phi) is 8.29. The van der Waals surface area contributed by atoms with Crippen LogP contribution in [0.3, 0.4) is 0 Å². The third-order valence-electron chi connectivity index (χ3n) is 14.1. The lowest BCUT2D eigenvalue weighted by Crippen LogP contribution is -2.15. The number of fused-ring (bicyclic) bond motifs is 6. The molecule has 0 atom stereocenters. The van der Waals surface area contributed by atoms with Crippen LogP contribution >= 0.6 is 0 Å². The number of hydrogen-bond acceptors (Lipinski definition) is 1. The van der Waals surface area contributed by atoms with Gasteiger partial charge in [0.05, 0.1) is 16.7 Å². The van der Waals surface area contributed by atoms with E-state index >= 15 is 0 Å². The van der Waals surface area contributed by atoms with Gasteiger partial charge in [0.15, 0.2) is 0 Å². The summed E-state index contributed by atoms with van der Waals surface area (Å²) in [5.74, 6) is 0. The highest BCUT2D eigenvalue weighted by Crippen LogP contribution is 2.59. The summed E-state index contributed by atoms with van der Waals surface area (Å²) in [7, 11) is 0. The highest BCUT2D eigenvalue weighted by atomic mass is 15.1. The quantitative estimate of drug-likeness (QED) is 0.155. The van der Waals surface area contributed by atoms with E-state index in [4.69, 9.17) is 0 Å². The van der Waals surface area contributed by atoms with Gasteiger partial charge < -0.3 is 9.47 Å². The second kappa shape index (κ2) is 14.4. The maximum absolute atomic E-state index is 2.56. The first-order valence-electron chi connectivity index (χ1n) is 22.7. The molecule has 11 aromatic rings. The van der Waals surface area contributed by atoms with Crippen LogP contribution in [0.5, 0.6) is 0 Å². The van der Waals surface area contributed by atoms with Gasteiger partial charge in [0.2, 0.25) is 0 Å². The zero-order valence-electron chi connectivity index (χ0n) is 36.3. The number of aromatic nitrogens is 1. The second-order valence-electron chi connectivity index (χ2n) is 18.1. The van der Waals surface area contributed by atoms with E-state index in [9.17, 15) is 0 Å². The van der Waals surface area contributed by atoms with Gasteiger partial charge in [-0.1, -0.05) is 190 Å². The molecule has 0 fully saturated rings. The van der Waals surface area contributed by atoms with Crippen LogP contribution in [0.15, 0.2) is 231 Å². The van der Waals surface area contributed by atoms with Crippen molar-refractivity contribution in [3.8, 4) is 72.4 Å². The Bertz CT molecular complexity index is 3570. The molecule has 306 valence electrons. The Morgan fingerprint density at radius 1 is 0.354 bits per heavy atom. The molecular formula is C63H44N2. The number of benzene rings is 10. The first kappa shape index (κ1) is 37.4. The number of anilines is 3. The van der Waals surface area contributed by atoms with Crippen molar-refractivity contribution in [2.45, 2.75) is 19.3 Å². The van der Waals surface area contributed by atoms with E-state index in [1.54, 1.807) is 0 Å². The summed E-state index contributed by atoms with van der Waals surface area (Å²) in [6.07, 6.45) is 0. The first-order valence-corrected chi connectivity index (χ1v) is 22.7. The van der Waals surface area contributed by atoms with Crippen LogP contribution in [0.2, 0.25) is 0 Å². The highest BCUT2D eigenvalue weighted by Gasteiger charge is 2.41. The van der Waals surface area contributed by atoms with Gasteiger partial charge in [0.25, 0.3) is 0 Å². The molecular weight excluding hydrogens is 785 g/mol. The Labute approximate surface area is 380 Å². The SMILES string of the molecule is CC1(C)c2cccc3c2-c2c1cc(-c1ccc(-c4ccc(N(c5cccc(-c6ccccc6)c5)c5cccc(-c6ccccc6)c5)cc4)cc1)c1c4ccccc4n(c21)-c1ccccc1-3. The molecule has 2 aliphatic rings. The van der Waals surface area contributed by atoms with Crippen molar-refractivity contribution in [3.63, 3.8) is 0 Å². The predicted octanol–water partition coefficient (Wildman–Crippen LogP) is 17.2. The predicted molar refractivity (Wildman–Crippen MR) is 274 cm³/mol. The third kappa shape index (κ3) is 5.74. The summed E-state index contributed by atoms with van der Waals surface area (Å²) in [6.45, 7) is 4.82. The minimum absolute atomic E-state index is 0.154. The van der Waals surface area contributed by atoms with Crippen molar-refractivity contribution in [1.82, 2.24) is 4.57 Å². The maximum Gasteiger partial charge on any atom is 0.0629 e. The molecule has 2 nitrogen and oxygen atoms in total. The van der Waals surface area contributed by atoms with Crippen LogP contribution in [-0.4, -0.2) is 4.57 Å². The summed E-state index contributed by atoms with van der Waals surface area (Å²) in [4.78, 5) is 2.37. The van der Waals surface area contributed by atoms with Crippen LogP contribution < -0.4 is 4.90 Å². The molecule has 0 radical (unpaired) electrons. The zero-order valence-corrected chi connectivity index (χ0v) is 36.3. The fourth-order valence-electron chi connectivity index (χ4n) is 11.0. The molecule has 0 spiro atoms. The minimum atomic E-state index is -0.154. The van der Waals surface area contributed by atoms with E-state index in [0.717, 1.165) is 17.1 Å². The van der Waals surface area contributed by atoms with Crippen LogP contribution in [0, 0.1) is 0 Å². The molecule has 0 N–H and O–H groups in total. The lowest BCUT2D eigenvalue weighted by atomic mass is 9.80. The van der Waals surface area contributed by atoms with E-state index in [1.807, 2.05) is 0 Å². The molecule has 0 saturated carbocycles. The Morgan fingerprint density at radius 2 is 0.877 bits per heavy atom. The normalized spacial score (nSPS) is 12.9. The molecule has 0 unspecified atom stereocenters. The summed E-state index contributed by atoms with van der Waals surface area (Å²) in [5, 5.41) is 2.60. The molecule has 2 heteroatoms. The van der Waals surface area contributed by atoms with Gasteiger partial charge in [0, 0.05) is 44.4 Å². The van der Waals surface area contributed by atoms with E-state index in [0.29, 0.717) is 0 Å². The lowest BCUT2D eigenvalue weighted by Gasteiger charge is -2.27. The zero-order chi connectivity index (χ0) is 43.2. The smallest absolute Gasteiger partial charge is 0.0629 e. The van der Waals surface area contributed by atoms with Gasteiger partial charge in [-0.05, 0) is 121 Å². The van der Waals surface area contributed by atoms with Crippen LogP contribution in [0.25, 0.3) is 94.3 Å². The lowest BCUT2D eigenvalue weighted by molar-refractivity contribution is 0.661. The Hall–Kier alpha value is -8.20. The summed E-state index contributed by atoms with van der Waals surface area (Å²) < 4.78 is 2.56. The average Bonchev–Trinajstić information content (AvgIpc) is 3.78. The molecule has 1 aromatic heterocycles. The standard InChI is InChI=1S/C63H44N2/c1-63(2)55-27-15-26-52-51-24-9-11-28-57(51)65-58-29-12-10-25-53(58)59-54(40-56(63)61(60(52)55)62(59)65)45-32-30-43(31-33-45)44-34-36-48(37-35-44)64(49-22-13-20-46(38-49)41-16-5-3-6-17-41)50-23-14-21-47(39-50)42-18-7-4-8-19-42/h3-40H,1-2H3. The summed E-state index contributed by atoms with van der Waals surface area (Å²) in [5.41, 5.74) is 24.8. The monoisotopic (exact) mass is 828 g/mol. The maximum atomic E-state index is 2.56. The third-order valence-corrected chi connectivity index (χ3v) is 14.1. The van der Waals surface area contributed by atoms with Gasteiger partial charge in [-0.15, -0.1) is 0 Å². The van der Waals surface area contributed by atoms with E-state index in [1.165, 1.54) is 105 Å². The molecule has 1 aliphatic heterocycles. The molecule has 0 saturated heterocycles. The number of rotatable bonds is 7. The van der Waals surface area contributed by atoms with Crippen molar-refractivity contribution >= 4 is 38.9 Å². The molecule has 0 amide bonds. The van der Waals surface area contributed by atoms with Gasteiger partial charge in [-0.25, -0.2) is 0 Å². The van der Waals surface area contributed by atoms with Crippen LogP contribution in [0.4, 0.5) is 17.1 Å². The topological polar surface area (TPSA) is 8.17 Å². The number of para-hydroxylation sites is 2. The molecule has 2 heterocycles. The fourth-order valence-corrected chi connectivity index (χ4v) is 11.0. The van der Waals surface area contributed by atoms with Gasteiger partial charge in [-0.3, -0.25) is 0 Å². The first-order chi connectivity index (χ1) is 32.0. The van der Waals surface area contributed by atoms with Crippen molar-refractivity contribution in [2.24, 2.45) is 0 Å². The molecule has 65 heavy (non-hydrogen) atoms. The summed E-state index contributed by atoms with van der Waals surface area (Å²) in [6, 6.07) is 84.8. The molecule has 10 aromatic carbocycles. The molecule has 13 rings (SSSR count). The average molecular weight is 829 g/mol. The van der Waals surface area contributed by atoms with Crippen molar-refractivity contribution in [1.29, 1.82) is 0 Å². The molecule has 1 aliphatic carbocycles. The second-order valence-corrected chi connectivity index (χ2v) is 18.1. The Morgan fingerprint density at radius 3 is 1.55 bits per heavy atom. The van der Waals surface area contributed by atoms with Gasteiger partial charge >= 0.3 is 0 Å². The fraction of sp³-hybridized carbons (Fsp3) is 0.0476. The summed E-state index contributed by atoms with van der Waals surface area (Å²) >= 11 is 0. The van der Waals surface area contributed by atoms with Crippen molar-refractivity contribution in [3.05, 3.63) is 242 Å². The van der Waals surface area contributed by atoms with Crippen LogP contribution in [0.1, 0.15) is 25.0 Å². The van der Waals surface area contributed by atoms with Crippen molar-refractivity contribution in [2.75, 3.05) is 4.90 Å². The van der Waals surface area contributed by atoms with Crippen LogP contribution in [-0.2, 0) is 5.41 Å². The minimum Gasteiger partial charge on any atom is -0.310 e. The molecule has 0 bridgehead atoms. The number of hydrogen-bond donors (Lipinski definition) is 0. The van der Waals surface area contributed by atoms with Gasteiger partial charge in [-0.2, -0.15) is 0 Å². The van der Waals surface area contributed by atoms with E-state index in [2.05, 4.69) is 254 Å². The van der Waals surface area contributed by atoms with Gasteiger partial charge in [0.1, 0.15) is 0 Å². The van der Waals surface area contributed by atoms with Crippen molar-refractivity contribution < 1.29 is 0 Å². The Balaban J connectivity index is 0.923.